The van der Waals surface area contributed by atoms with Crippen molar-refractivity contribution >= 4 is 15.7 Å². The van der Waals surface area contributed by atoms with Gasteiger partial charge in [0.25, 0.3) is 0 Å². The van der Waals surface area contributed by atoms with Crippen LogP contribution in [0.15, 0.2) is 47.5 Å². The first-order chi connectivity index (χ1) is 9.36. The molecule has 0 unspecified atom stereocenters. The molecule has 0 amide bonds. The van der Waals surface area contributed by atoms with Gasteiger partial charge in [0.1, 0.15) is 10.6 Å². The van der Waals surface area contributed by atoms with Crippen LogP contribution in [0.3, 0.4) is 0 Å². The number of primary sulfonamides is 1. The van der Waals surface area contributed by atoms with Gasteiger partial charge in [0, 0.05) is 31.9 Å². The molecule has 0 radical (unpaired) electrons. The average Bonchev–Trinajstić information content (AvgIpc) is 2.38. The van der Waals surface area contributed by atoms with Crippen molar-refractivity contribution in [1.82, 2.24) is 4.98 Å². The second kappa shape index (κ2) is 5.48. The van der Waals surface area contributed by atoms with Gasteiger partial charge in [-0.2, -0.15) is 0 Å². The van der Waals surface area contributed by atoms with Gasteiger partial charge in [-0.05, 0) is 18.2 Å². The molecule has 0 atom stereocenters. The Hall–Kier alpha value is -2.12. The highest BCUT2D eigenvalue weighted by Gasteiger charge is 2.08. The molecule has 6 nitrogen and oxygen atoms in total. The molecule has 0 saturated heterocycles. The number of nitrogens with two attached hydrogens (primary N) is 1. The Morgan fingerprint density at radius 2 is 1.95 bits per heavy atom. The second-order valence-electron chi connectivity index (χ2n) is 4.37. The van der Waals surface area contributed by atoms with Crippen molar-refractivity contribution in [3.8, 4) is 11.6 Å². The summed E-state index contributed by atoms with van der Waals surface area (Å²) in [6.07, 6.45) is 1.17. The molecule has 0 spiro atoms. The molecule has 0 fully saturated rings. The van der Waals surface area contributed by atoms with Crippen molar-refractivity contribution in [2.75, 3.05) is 19.0 Å². The fraction of sp³-hybridized carbons (Fsp3) is 0.154. The largest absolute Gasteiger partial charge is 0.439 e. The maximum atomic E-state index is 11.1. The Balaban J connectivity index is 2.20. The predicted octanol–water partition coefficient (Wildman–Crippen LogP) is 1.59. The lowest BCUT2D eigenvalue weighted by Crippen LogP contribution is -2.12. The van der Waals surface area contributed by atoms with E-state index >= 15 is 0 Å². The molecule has 0 saturated carbocycles. The zero-order valence-corrected chi connectivity index (χ0v) is 12.0. The molecule has 20 heavy (non-hydrogen) atoms. The number of ether oxygens (including phenoxy) is 1. The van der Waals surface area contributed by atoms with Crippen LogP contribution in [-0.2, 0) is 10.0 Å². The van der Waals surface area contributed by atoms with Crippen LogP contribution >= 0.6 is 0 Å². The zero-order valence-electron chi connectivity index (χ0n) is 11.1. The van der Waals surface area contributed by atoms with Gasteiger partial charge in [-0.25, -0.2) is 18.5 Å². The molecule has 0 aliphatic heterocycles. The number of aromatic nitrogens is 1. The SMILES string of the molecule is CN(C)c1cccc(Oc2ccc(S(N)(=O)=O)cn2)c1. The summed E-state index contributed by atoms with van der Waals surface area (Å²) < 4.78 is 27.8. The molecule has 0 aliphatic carbocycles. The lowest BCUT2D eigenvalue weighted by Gasteiger charge is -2.13. The van der Waals surface area contributed by atoms with E-state index in [4.69, 9.17) is 9.88 Å². The van der Waals surface area contributed by atoms with Crippen LogP contribution < -0.4 is 14.8 Å². The van der Waals surface area contributed by atoms with Crippen LogP contribution in [0.1, 0.15) is 0 Å². The summed E-state index contributed by atoms with van der Waals surface area (Å²) in [6, 6.07) is 10.3. The van der Waals surface area contributed by atoms with Gasteiger partial charge >= 0.3 is 0 Å². The number of rotatable bonds is 4. The van der Waals surface area contributed by atoms with Crippen molar-refractivity contribution in [3.63, 3.8) is 0 Å². The summed E-state index contributed by atoms with van der Waals surface area (Å²) in [5.74, 6) is 0.917. The Bertz CT molecular complexity index is 697. The number of anilines is 1. The first kappa shape index (κ1) is 14.3. The van der Waals surface area contributed by atoms with E-state index in [-0.39, 0.29) is 4.90 Å². The third-order valence-electron chi connectivity index (χ3n) is 2.59. The number of sulfonamides is 1. The fourth-order valence-electron chi connectivity index (χ4n) is 1.54. The van der Waals surface area contributed by atoms with E-state index in [1.165, 1.54) is 18.3 Å². The lowest BCUT2D eigenvalue weighted by molar-refractivity contribution is 0.462. The highest BCUT2D eigenvalue weighted by atomic mass is 32.2. The van der Waals surface area contributed by atoms with Crippen LogP contribution in [0.2, 0.25) is 0 Å². The highest BCUT2D eigenvalue weighted by Crippen LogP contribution is 2.24. The molecule has 2 aromatic rings. The summed E-state index contributed by atoms with van der Waals surface area (Å²) in [7, 11) is 0.123. The molecular formula is C13H15N3O3S. The summed E-state index contributed by atoms with van der Waals surface area (Å²) >= 11 is 0. The van der Waals surface area contributed by atoms with Crippen molar-refractivity contribution in [1.29, 1.82) is 0 Å². The van der Waals surface area contributed by atoms with Gasteiger partial charge < -0.3 is 9.64 Å². The predicted molar refractivity (Wildman–Crippen MR) is 76.5 cm³/mol. The molecule has 7 heteroatoms. The molecule has 1 aromatic carbocycles. The van der Waals surface area contributed by atoms with E-state index in [1.54, 1.807) is 6.07 Å². The molecule has 0 bridgehead atoms. The van der Waals surface area contributed by atoms with Crippen LogP contribution in [0.5, 0.6) is 11.6 Å². The number of benzene rings is 1. The van der Waals surface area contributed by atoms with Gasteiger partial charge in [0.15, 0.2) is 0 Å². The number of hydrogen-bond donors (Lipinski definition) is 1. The summed E-state index contributed by atoms with van der Waals surface area (Å²) in [5, 5.41) is 5.00. The maximum absolute atomic E-state index is 11.1. The van der Waals surface area contributed by atoms with E-state index in [0.717, 1.165) is 5.69 Å². The first-order valence-corrected chi connectivity index (χ1v) is 7.35. The van der Waals surface area contributed by atoms with Gasteiger partial charge in [-0.3, -0.25) is 0 Å². The van der Waals surface area contributed by atoms with Crippen LogP contribution in [0.4, 0.5) is 5.69 Å². The smallest absolute Gasteiger partial charge is 0.239 e. The van der Waals surface area contributed by atoms with E-state index in [1.807, 2.05) is 37.2 Å². The van der Waals surface area contributed by atoms with Crippen molar-refractivity contribution in [2.45, 2.75) is 4.90 Å². The summed E-state index contributed by atoms with van der Waals surface area (Å²) in [4.78, 5) is 5.82. The first-order valence-electron chi connectivity index (χ1n) is 5.80. The third-order valence-corrected chi connectivity index (χ3v) is 3.49. The van der Waals surface area contributed by atoms with E-state index in [2.05, 4.69) is 4.98 Å². The van der Waals surface area contributed by atoms with Crippen LogP contribution in [0.25, 0.3) is 0 Å². The molecular weight excluding hydrogens is 278 g/mol. The monoisotopic (exact) mass is 293 g/mol. The Labute approximate surface area is 117 Å². The second-order valence-corrected chi connectivity index (χ2v) is 5.93. The fourth-order valence-corrected chi connectivity index (χ4v) is 2.00. The third kappa shape index (κ3) is 3.46. The maximum Gasteiger partial charge on any atom is 0.239 e. The van der Waals surface area contributed by atoms with Gasteiger partial charge in [-0.1, -0.05) is 6.07 Å². The Morgan fingerprint density at radius 1 is 1.20 bits per heavy atom. The minimum atomic E-state index is -3.74. The van der Waals surface area contributed by atoms with E-state index in [9.17, 15) is 8.42 Å². The summed E-state index contributed by atoms with van der Waals surface area (Å²) in [5.41, 5.74) is 0.989. The van der Waals surface area contributed by atoms with Gasteiger partial charge in [0.2, 0.25) is 15.9 Å². The minimum Gasteiger partial charge on any atom is -0.439 e. The molecule has 0 aliphatic rings. The van der Waals surface area contributed by atoms with E-state index < -0.39 is 10.0 Å². The number of pyridine rings is 1. The molecule has 2 rings (SSSR count). The molecule has 106 valence electrons. The topological polar surface area (TPSA) is 85.5 Å². The normalized spacial score (nSPS) is 11.2. The Kier molecular flexibility index (Phi) is 3.91. The van der Waals surface area contributed by atoms with Gasteiger partial charge in [-0.15, -0.1) is 0 Å². The average molecular weight is 293 g/mol. The Morgan fingerprint density at radius 3 is 2.50 bits per heavy atom. The number of nitrogens with zero attached hydrogens (tertiary/aromatic N) is 2. The number of hydrogen-bond acceptors (Lipinski definition) is 5. The summed E-state index contributed by atoms with van der Waals surface area (Å²) in [6.45, 7) is 0. The highest BCUT2D eigenvalue weighted by molar-refractivity contribution is 7.89. The van der Waals surface area contributed by atoms with Crippen molar-refractivity contribution < 1.29 is 13.2 Å². The quantitative estimate of drug-likeness (QED) is 0.925. The van der Waals surface area contributed by atoms with Gasteiger partial charge in [0.05, 0.1) is 6.20 Å². The minimum absolute atomic E-state index is 0.0492. The van der Waals surface area contributed by atoms with Crippen molar-refractivity contribution in [2.24, 2.45) is 5.14 Å². The van der Waals surface area contributed by atoms with E-state index in [0.29, 0.717) is 11.6 Å². The van der Waals surface area contributed by atoms with Crippen LogP contribution in [-0.4, -0.2) is 27.5 Å². The zero-order chi connectivity index (χ0) is 14.8. The molecule has 1 aromatic heterocycles. The van der Waals surface area contributed by atoms with Crippen LogP contribution in [0, 0.1) is 0 Å². The standard InChI is InChI=1S/C13H15N3O3S/c1-16(2)10-4-3-5-11(8-10)19-13-7-6-12(9-15-13)20(14,17)18/h3-9H,1-2H3,(H2,14,17,18). The molecule has 1 heterocycles. The molecule has 2 N–H and O–H groups in total. The lowest BCUT2D eigenvalue weighted by atomic mass is 10.3. The van der Waals surface area contributed by atoms with Crippen molar-refractivity contribution in [3.05, 3.63) is 42.6 Å².